The minimum absolute atomic E-state index is 0.384. The third kappa shape index (κ3) is 3.12. The molecule has 3 rings (SSSR count). The Hall–Kier alpha value is -1.00. The predicted molar refractivity (Wildman–Crippen MR) is 75.9 cm³/mol. The molecule has 0 aromatic carbocycles. The van der Waals surface area contributed by atoms with E-state index in [0.29, 0.717) is 5.54 Å². The lowest BCUT2D eigenvalue weighted by Gasteiger charge is -2.33. The molecular formula is C15H24N4. The number of hydrogen-bond acceptors (Lipinski definition) is 4. The van der Waals surface area contributed by atoms with E-state index >= 15 is 0 Å². The lowest BCUT2D eigenvalue weighted by Crippen LogP contribution is -2.49. The van der Waals surface area contributed by atoms with Crippen molar-refractivity contribution in [3.05, 3.63) is 23.8 Å². The largest absolute Gasteiger partial charge is 0.310 e. The highest BCUT2D eigenvalue weighted by Crippen LogP contribution is 2.31. The van der Waals surface area contributed by atoms with Crippen LogP contribution in [0.25, 0.3) is 0 Å². The summed E-state index contributed by atoms with van der Waals surface area (Å²) in [6.45, 7) is 6.43. The maximum atomic E-state index is 4.49. The molecule has 4 nitrogen and oxygen atoms in total. The molecule has 0 atom stereocenters. The maximum absolute atomic E-state index is 4.49. The molecule has 1 aliphatic carbocycles. The Kier molecular flexibility index (Phi) is 3.80. The Morgan fingerprint density at radius 2 is 2.05 bits per heavy atom. The molecule has 1 aliphatic heterocycles. The van der Waals surface area contributed by atoms with Gasteiger partial charge in [0.15, 0.2) is 0 Å². The van der Waals surface area contributed by atoms with Crippen molar-refractivity contribution in [2.24, 2.45) is 0 Å². The van der Waals surface area contributed by atoms with E-state index in [4.69, 9.17) is 0 Å². The van der Waals surface area contributed by atoms with Crippen LogP contribution in [0.3, 0.4) is 0 Å². The monoisotopic (exact) mass is 260 g/mol. The summed E-state index contributed by atoms with van der Waals surface area (Å²) in [6, 6.07) is 0. The zero-order valence-electron chi connectivity index (χ0n) is 11.9. The fourth-order valence-corrected chi connectivity index (χ4v) is 3.47. The van der Waals surface area contributed by atoms with Gasteiger partial charge in [-0.25, -0.2) is 0 Å². The normalized spacial score (nSPS) is 23.6. The molecule has 4 heteroatoms. The van der Waals surface area contributed by atoms with Crippen molar-refractivity contribution >= 4 is 0 Å². The van der Waals surface area contributed by atoms with Crippen LogP contribution in [0.5, 0.6) is 0 Å². The van der Waals surface area contributed by atoms with E-state index < -0.39 is 0 Å². The van der Waals surface area contributed by atoms with Crippen LogP contribution in [0.2, 0.25) is 0 Å². The third-order valence-corrected chi connectivity index (χ3v) is 4.46. The Bertz CT molecular complexity index is 409. The molecule has 0 unspecified atom stereocenters. The van der Waals surface area contributed by atoms with Crippen LogP contribution in [0, 0.1) is 6.92 Å². The summed E-state index contributed by atoms with van der Waals surface area (Å²) >= 11 is 0. The molecule has 0 bridgehead atoms. The molecular weight excluding hydrogens is 236 g/mol. The fraction of sp³-hybridized carbons (Fsp3) is 0.733. The lowest BCUT2D eigenvalue weighted by molar-refractivity contribution is 0.201. The molecule has 2 heterocycles. The van der Waals surface area contributed by atoms with Gasteiger partial charge in [-0.15, -0.1) is 0 Å². The molecule has 1 saturated heterocycles. The first-order valence-corrected chi connectivity index (χ1v) is 7.51. The smallest absolute Gasteiger partial charge is 0.0727 e. The highest BCUT2D eigenvalue weighted by atomic mass is 15.2. The second-order valence-electron chi connectivity index (χ2n) is 6.13. The van der Waals surface area contributed by atoms with E-state index in [-0.39, 0.29) is 0 Å². The number of rotatable bonds is 2. The Morgan fingerprint density at radius 1 is 1.21 bits per heavy atom. The van der Waals surface area contributed by atoms with Crippen molar-refractivity contribution in [3.8, 4) is 0 Å². The van der Waals surface area contributed by atoms with E-state index in [1.807, 2.05) is 19.3 Å². The van der Waals surface area contributed by atoms with Crippen molar-refractivity contribution in [1.29, 1.82) is 0 Å². The summed E-state index contributed by atoms with van der Waals surface area (Å²) in [7, 11) is 0. The Balaban J connectivity index is 1.67. The average molecular weight is 260 g/mol. The zero-order valence-corrected chi connectivity index (χ0v) is 11.9. The zero-order chi connectivity index (χ0) is 13.1. The van der Waals surface area contributed by atoms with Crippen LogP contribution in [0.4, 0.5) is 0 Å². The quantitative estimate of drug-likeness (QED) is 0.881. The van der Waals surface area contributed by atoms with Crippen LogP contribution >= 0.6 is 0 Å². The molecule has 104 valence electrons. The van der Waals surface area contributed by atoms with Gasteiger partial charge in [-0.05, 0) is 39.3 Å². The second-order valence-corrected chi connectivity index (χ2v) is 6.13. The van der Waals surface area contributed by atoms with Gasteiger partial charge in [0.25, 0.3) is 0 Å². The summed E-state index contributed by atoms with van der Waals surface area (Å²) in [5.74, 6) is 0. The molecule has 1 aromatic rings. The highest BCUT2D eigenvalue weighted by molar-refractivity contribution is 5.02. The average Bonchev–Trinajstić information content (AvgIpc) is 2.76. The van der Waals surface area contributed by atoms with Crippen LogP contribution < -0.4 is 5.32 Å². The predicted octanol–water partition coefficient (Wildman–Crippen LogP) is 1.89. The Morgan fingerprint density at radius 3 is 2.79 bits per heavy atom. The maximum Gasteiger partial charge on any atom is 0.0727 e. The summed E-state index contributed by atoms with van der Waals surface area (Å²) in [5, 5.41) is 3.80. The van der Waals surface area contributed by atoms with Gasteiger partial charge in [0.05, 0.1) is 11.4 Å². The van der Waals surface area contributed by atoms with Gasteiger partial charge in [0.2, 0.25) is 0 Å². The molecule has 0 amide bonds. The van der Waals surface area contributed by atoms with E-state index in [9.17, 15) is 0 Å². The lowest BCUT2D eigenvalue weighted by atomic mass is 9.97. The number of nitrogens with one attached hydrogen (secondary N) is 1. The number of hydrogen-bond donors (Lipinski definition) is 1. The Labute approximate surface area is 115 Å². The summed E-state index contributed by atoms with van der Waals surface area (Å²) in [6.07, 6.45) is 10.5. The van der Waals surface area contributed by atoms with Crippen molar-refractivity contribution in [2.45, 2.75) is 51.1 Å². The van der Waals surface area contributed by atoms with Gasteiger partial charge in [0.1, 0.15) is 0 Å². The number of aromatic nitrogens is 2. The van der Waals surface area contributed by atoms with Gasteiger partial charge < -0.3 is 5.32 Å². The van der Waals surface area contributed by atoms with Crippen LogP contribution in [0.1, 0.15) is 43.5 Å². The first-order valence-electron chi connectivity index (χ1n) is 7.51. The summed E-state index contributed by atoms with van der Waals surface area (Å²) in [5.41, 5.74) is 2.48. The molecule has 19 heavy (non-hydrogen) atoms. The van der Waals surface area contributed by atoms with Crippen molar-refractivity contribution < 1.29 is 0 Å². The first kappa shape index (κ1) is 13.0. The van der Waals surface area contributed by atoms with Crippen molar-refractivity contribution in [3.63, 3.8) is 0 Å². The number of aryl methyl sites for hydroxylation is 1. The molecule has 1 N–H and O–H groups in total. The summed E-state index contributed by atoms with van der Waals surface area (Å²) < 4.78 is 0. The fourth-order valence-electron chi connectivity index (χ4n) is 3.47. The standard InChI is InChI=1S/C15H24N4/c1-13-9-17-14(10-16-13)11-19-8-4-7-18-15(12-19)5-2-3-6-15/h9-10,18H,2-8,11-12H2,1H3. The van der Waals surface area contributed by atoms with Gasteiger partial charge >= 0.3 is 0 Å². The first-order chi connectivity index (χ1) is 9.26. The minimum atomic E-state index is 0.384. The molecule has 1 saturated carbocycles. The van der Waals surface area contributed by atoms with Crippen LogP contribution in [-0.2, 0) is 6.54 Å². The van der Waals surface area contributed by atoms with E-state index in [1.54, 1.807) is 0 Å². The molecule has 2 aliphatic rings. The van der Waals surface area contributed by atoms with Gasteiger partial charge in [-0.3, -0.25) is 14.9 Å². The van der Waals surface area contributed by atoms with E-state index in [0.717, 1.165) is 24.5 Å². The second kappa shape index (κ2) is 5.55. The summed E-state index contributed by atoms with van der Waals surface area (Å²) in [4.78, 5) is 11.4. The number of nitrogens with zero attached hydrogens (tertiary/aromatic N) is 3. The highest BCUT2D eigenvalue weighted by Gasteiger charge is 2.36. The molecule has 2 fully saturated rings. The topological polar surface area (TPSA) is 41.1 Å². The van der Waals surface area contributed by atoms with Gasteiger partial charge in [0, 0.05) is 31.0 Å². The van der Waals surface area contributed by atoms with Gasteiger partial charge in [-0.1, -0.05) is 12.8 Å². The van der Waals surface area contributed by atoms with Gasteiger partial charge in [-0.2, -0.15) is 0 Å². The van der Waals surface area contributed by atoms with E-state index in [2.05, 4.69) is 20.2 Å². The SMILES string of the molecule is Cc1cnc(CN2CCCNC3(CCCC3)C2)cn1. The van der Waals surface area contributed by atoms with Crippen LogP contribution in [-0.4, -0.2) is 40.0 Å². The van der Waals surface area contributed by atoms with Crippen LogP contribution in [0.15, 0.2) is 12.4 Å². The van der Waals surface area contributed by atoms with E-state index in [1.165, 1.54) is 45.2 Å². The molecule has 1 spiro atoms. The van der Waals surface area contributed by atoms with Crippen molar-refractivity contribution in [1.82, 2.24) is 20.2 Å². The molecule has 0 radical (unpaired) electrons. The minimum Gasteiger partial charge on any atom is -0.310 e. The molecule has 1 aromatic heterocycles. The van der Waals surface area contributed by atoms with Crippen molar-refractivity contribution in [2.75, 3.05) is 19.6 Å². The third-order valence-electron chi connectivity index (χ3n) is 4.46.